The van der Waals surface area contributed by atoms with Crippen molar-refractivity contribution in [2.75, 3.05) is 20.1 Å². The van der Waals surface area contributed by atoms with Gasteiger partial charge in [-0.15, -0.1) is 0 Å². The average molecular weight is 245 g/mol. The van der Waals surface area contributed by atoms with Gasteiger partial charge >= 0.3 is 6.03 Å². The van der Waals surface area contributed by atoms with E-state index >= 15 is 0 Å². The minimum Gasteiger partial charge on any atom is -0.325 e. The molecule has 2 amide bonds. The first kappa shape index (κ1) is 14.0. The lowest BCUT2D eigenvalue weighted by molar-refractivity contribution is 0.165. The molecule has 18 heavy (non-hydrogen) atoms. The highest BCUT2D eigenvalue weighted by Crippen LogP contribution is 2.08. The van der Waals surface area contributed by atoms with Crippen molar-refractivity contribution >= 4 is 6.03 Å². The fraction of sp³-hybridized carbons (Fsp3) is 0.429. The third kappa shape index (κ3) is 3.49. The van der Waals surface area contributed by atoms with Crippen LogP contribution < -0.4 is 0 Å². The molecule has 4 heteroatoms. The Morgan fingerprint density at radius 2 is 2.00 bits per heavy atom. The first-order valence-electron chi connectivity index (χ1n) is 6.11. The Morgan fingerprint density at radius 1 is 1.33 bits per heavy atom. The van der Waals surface area contributed by atoms with Crippen LogP contribution in [-0.2, 0) is 6.54 Å². The summed E-state index contributed by atoms with van der Waals surface area (Å²) in [5.41, 5.74) is 1.59. The number of rotatable bonds is 4. The lowest BCUT2D eigenvalue weighted by Crippen LogP contribution is -2.40. The van der Waals surface area contributed by atoms with Crippen molar-refractivity contribution in [3.8, 4) is 6.07 Å². The number of amides is 2. The maximum Gasteiger partial charge on any atom is 0.320 e. The van der Waals surface area contributed by atoms with Gasteiger partial charge in [0, 0.05) is 26.7 Å². The molecular weight excluding hydrogens is 226 g/mol. The molecule has 96 valence electrons. The minimum atomic E-state index is 0.0161. The molecule has 4 nitrogen and oxygen atoms in total. The highest BCUT2D eigenvalue weighted by Gasteiger charge is 2.14. The zero-order chi connectivity index (χ0) is 13.5. The monoisotopic (exact) mass is 245 g/mol. The Labute approximate surface area is 108 Å². The van der Waals surface area contributed by atoms with Gasteiger partial charge in [-0.05, 0) is 31.5 Å². The quantitative estimate of drug-likeness (QED) is 0.818. The molecule has 1 rings (SSSR count). The second-order valence-corrected chi connectivity index (χ2v) is 4.12. The second kappa shape index (κ2) is 6.65. The van der Waals surface area contributed by atoms with E-state index in [0.717, 1.165) is 5.56 Å². The van der Waals surface area contributed by atoms with Crippen LogP contribution in [0.25, 0.3) is 0 Å². The molecule has 0 aromatic heterocycles. The molecule has 1 aromatic carbocycles. The van der Waals surface area contributed by atoms with Crippen LogP contribution >= 0.6 is 0 Å². The summed E-state index contributed by atoms with van der Waals surface area (Å²) < 4.78 is 0. The summed E-state index contributed by atoms with van der Waals surface area (Å²) in [4.78, 5) is 15.5. The molecule has 0 bridgehead atoms. The number of carbonyl (C=O) groups excluding carboxylic acids is 1. The molecule has 0 N–H and O–H groups in total. The molecule has 0 heterocycles. The first-order chi connectivity index (χ1) is 8.62. The maximum absolute atomic E-state index is 12.1. The van der Waals surface area contributed by atoms with E-state index in [1.54, 1.807) is 22.9 Å². The zero-order valence-electron chi connectivity index (χ0n) is 11.2. The number of nitriles is 1. The van der Waals surface area contributed by atoms with Crippen LogP contribution in [0, 0.1) is 11.3 Å². The predicted octanol–water partition coefficient (Wildman–Crippen LogP) is 2.45. The van der Waals surface area contributed by atoms with E-state index in [-0.39, 0.29) is 6.03 Å². The summed E-state index contributed by atoms with van der Waals surface area (Å²) >= 11 is 0. The molecule has 0 unspecified atom stereocenters. The molecule has 0 aliphatic carbocycles. The normalized spacial score (nSPS) is 9.67. The topological polar surface area (TPSA) is 47.3 Å². The van der Waals surface area contributed by atoms with Crippen LogP contribution in [0.15, 0.2) is 24.3 Å². The first-order valence-corrected chi connectivity index (χ1v) is 6.11. The summed E-state index contributed by atoms with van der Waals surface area (Å²) in [6.07, 6.45) is 0. The van der Waals surface area contributed by atoms with E-state index in [0.29, 0.717) is 25.2 Å². The molecule has 0 atom stereocenters. The van der Waals surface area contributed by atoms with Crippen molar-refractivity contribution in [1.29, 1.82) is 5.26 Å². The van der Waals surface area contributed by atoms with Crippen LogP contribution in [0.4, 0.5) is 4.79 Å². The van der Waals surface area contributed by atoms with Crippen molar-refractivity contribution in [1.82, 2.24) is 9.80 Å². The molecular formula is C14H19N3O. The van der Waals surface area contributed by atoms with Crippen LogP contribution in [-0.4, -0.2) is 36.0 Å². The highest BCUT2D eigenvalue weighted by atomic mass is 16.2. The van der Waals surface area contributed by atoms with Gasteiger partial charge in [-0.3, -0.25) is 0 Å². The van der Waals surface area contributed by atoms with Crippen molar-refractivity contribution in [2.24, 2.45) is 0 Å². The minimum absolute atomic E-state index is 0.0161. The van der Waals surface area contributed by atoms with Gasteiger partial charge in [-0.1, -0.05) is 12.1 Å². The van der Waals surface area contributed by atoms with Gasteiger partial charge < -0.3 is 9.80 Å². The Kier molecular flexibility index (Phi) is 5.19. The molecule has 0 aliphatic rings. The number of hydrogen-bond donors (Lipinski definition) is 0. The van der Waals surface area contributed by atoms with Crippen LogP contribution in [0.5, 0.6) is 0 Å². The number of hydrogen-bond acceptors (Lipinski definition) is 2. The fourth-order valence-electron chi connectivity index (χ4n) is 1.82. The Morgan fingerprint density at radius 3 is 2.56 bits per heavy atom. The lowest BCUT2D eigenvalue weighted by Gasteiger charge is -2.26. The maximum atomic E-state index is 12.1. The summed E-state index contributed by atoms with van der Waals surface area (Å²) in [6.45, 7) is 5.86. The summed E-state index contributed by atoms with van der Waals surface area (Å²) in [5, 5.41) is 8.83. The van der Waals surface area contributed by atoms with Crippen LogP contribution in [0.2, 0.25) is 0 Å². The number of carbonyl (C=O) groups is 1. The van der Waals surface area contributed by atoms with E-state index in [1.165, 1.54) is 0 Å². The van der Waals surface area contributed by atoms with Crippen molar-refractivity contribution in [3.05, 3.63) is 35.4 Å². The van der Waals surface area contributed by atoms with Crippen molar-refractivity contribution in [2.45, 2.75) is 20.4 Å². The molecule has 0 radical (unpaired) electrons. The largest absolute Gasteiger partial charge is 0.325 e. The molecule has 0 saturated carbocycles. The molecule has 0 spiro atoms. The average Bonchev–Trinajstić information content (AvgIpc) is 2.40. The second-order valence-electron chi connectivity index (χ2n) is 4.12. The summed E-state index contributed by atoms with van der Waals surface area (Å²) in [5.74, 6) is 0. The van der Waals surface area contributed by atoms with E-state index in [9.17, 15) is 4.79 Å². The van der Waals surface area contributed by atoms with E-state index < -0.39 is 0 Å². The third-order valence-corrected chi connectivity index (χ3v) is 2.84. The standard InChI is InChI=1S/C14H19N3O/c1-4-17(5-2)14(18)16(3)11-13-8-6-7-12(9-13)10-15/h6-9H,4-5,11H2,1-3H3. The molecule has 0 saturated heterocycles. The Balaban J connectivity index is 2.72. The lowest BCUT2D eigenvalue weighted by atomic mass is 10.1. The molecule has 0 aliphatic heterocycles. The van der Waals surface area contributed by atoms with Gasteiger partial charge in [-0.25, -0.2) is 4.79 Å². The SMILES string of the molecule is CCN(CC)C(=O)N(C)Cc1cccc(C#N)c1. The smallest absolute Gasteiger partial charge is 0.320 e. The summed E-state index contributed by atoms with van der Waals surface area (Å²) in [6, 6.07) is 9.45. The number of urea groups is 1. The number of benzene rings is 1. The number of nitrogens with zero attached hydrogens (tertiary/aromatic N) is 3. The van der Waals surface area contributed by atoms with Gasteiger partial charge in [-0.2, -0.15) is 5.26 Å². The van der Waals surface area contributed by atoms with Gasteiger partial charge in [0.15, 0.2) is 0 Å². The predicted molar refractivity (Wildman–Crippen MR) is 70.9 cm³/mol. The van der Waals surface area contributed by atoms with Gasteiger partial charge in [0.25, 0.3) is 0 Å². The van der Waals surface area contributed by atoms with E-state index in [2.05, 4.69) is 6.07 Å². The van der Waals surface area contributed by atoms with Gasteiger partial charge in [0.05, 0.1) is 11.6 Å². The highest BCUT2D eigenvalue weighted by molar-refractivity contribution is 5.74. The van der Waals surface area contributed by atoms with Gasteiger partial charge in [0.1, 0.15) is 0 Å². The van der Waals surface area contributed by atoms with Crippen LogP contribution in [0.1, 0.15) is 25.0 Å². The van der Waals surface area contributed by atoms with Crippen molar-refractivity contribution in [3.63, 3.8) is 0 Å². The molecule has 1 aromatic rings. The summed E-state index contributed by atoms with van der Waals surface area (Å²) in [7, 11) is 1.78. The van der Waals surface area contributed by atoms with Crippen molar-refractivity contribution < 1.29 is 4.79 Å². The van der Waals surface area contributed by atoms with E-state index in [1.807, 2.05) is 32.0 Å². The van der Waals surface area contributed by atoms with E-state index in [4.69, 9.17) is 5.26 Å². The Bertz CT molecular complexity index is 447. The molecule has 0 fully saturated rings. The zero-order valence-corrected chi connectivity index (χ0v) is 11.2. The fourth-order valence-corrected chi connectivity index (χ4v) is 1.82. The Hall–Kier alpha value is -2.02. The van der Waals surface area contributed by atoms with Crippen LogP contribution in [0.3, 0.4) is 0 Å². The third-order valence-electron chi connectivity index (χ3n) is 2.84. The van der Waals surface area contributed by atoms with Gasteiger partial charge in [0.2, 0.25) is 0 Å².